The molecule has 1 fully saturated rings. The van der Waals surface area contributed by atoms with Gasteiger partial charge in [0.05, 0.1) is 4.47 Å². The zero-order valence-electron chi connectivity index (χ0n) is 9.94. The molecule has 1 aromatic carbocycles. The van der Waals surface area contributed by atoms with E-state index in [1.165, 1.54) is 18.2 Å². The molecule has 1 aliphatic rings. The van der Waals surface area contributed by atoms with Gasteiger partial charge in [0, 0.05) is 18.1 Å². The highest BCUT2D eigenvalue weighted by atomic mass is 79.9. The van der Waals surface area contributed by atoms with Gasteiger partial charge in [0.25, 0.3) is 0 Å². The minimum atomic E-state index is -0.373. The molecular weight excluding hydrogens is 313 g/mol. The molecule has 6 heteroatoms. The largest absolute Gasteiger partial charge is 0.438 e. The molecule has 0 spiro atoms. The molecule has 98 valence electrons. The van der Waals surface area contributed by atoms with Gasteiger partial charge in [-0.15, -0.1) is 0 Å². The molecule has 19 heavy (non-hydrogen) atoms. The first-order valence-corrected chi connectivity index (χ1v) is 6.68. The van der Waals surface area contributed by atoms with E-state index in [1.807, 2.05) is 0 Å². The van der Waals surface area contributed by atoms with Crippen molar-refractivity contribution in [3.63, 3.8) is 0 Å². The fourth-order valence-corrected chi connectivity index (χ4v) is 2.03. The number of ether oxygens (including phenoxy) is 1. The van der Waals surface area contributed by atoms with Crippen molar-refractivity contribution in [3.8, 4) is 11.6 Å². The van der Waals surface area contributed by atoms with E-state index in [0.717, 1.165) is 12.8 Å². The predicted molar refractivity (Wildman–Crippen MR) is 72.6 cm³/mol. The van der Waals surface area contributed by atoms with Gasteiger partial charge in [-0.1, -0.05) is 0 Å². The van der Waals surface area contributed by atoms with Crippen molar-refractivity contribution >= 4 is 21.7 Å². The molecule has 0 bridgehead atoms. The van der Waals surface area contributed by atoms with Crippen molar-refractivity contribution in [2.24, 2.45) is 0 Å². The number of halogens is 2. The Morgan fingerprint density at radius 1 is 1.26 bits per heavy atom. The molecule has 2 aromatic rings. The molecule has 1 saturated carbocycles. The molecule has 1 aliphatic carbocycles. The highest BCUT2D eigenvalue weighted by Gasteiger charge is 2.27. The number of benzene rings is 1. The average Bonchev–Trinajstić information content (AvgIpc) is 3.17. The van der Waals surface area contributed by atoms with Gasteiger partial charge in [-0.05, 0) is 40.9 Å². The second-order valence-corrected chi connectivity index (χ2v) is 5.29. The molecular formula is C13H11BrFN3O. The van der Waals surface area contributed by atoms with E-state index in [4.69, 9.17) is 10.5 Å². The fourth-order valence-electron chi connectivity index (χ4n) is 1.71. The van der Waals surface area contributed by atoms with Gasteiger partial charge in [0.2, 0.25) is 5.88 Å². The number of anilines is 1. The Morgan fingerprint density at radius 2 is 2.05 bits per heavy atom. The van der Waals surface area contributed by atoms with Crippen LogP contribution in [0.3, 0.4) is 0 Å². The number of rotatable bonds is 3. The van der Waals surface area contributed by atoms with Crippen LogP contribution >= 0.6 is 15.9 Å². The first kappa shape index (κ1) is 12.3. The molecule has 1 heterocycles. The maximum atomic E-state index is 13.2. The van der Waals surface area contributed by atoms with Crippen LogP contribution < -0.4 is 10.5 Å². The third-order valence-corrected chi connectivity index (χ3v) is 3.45. The third kappa shape index (κ3) is 2.84. The third-order valence-electron chi connectivity index (χ3n) is 2.79. The van der Waals surface area contributed by atoms with Crippen molar-refractivity contribution in [3.05, 3.63) is 40.4 Å². The summed E-state index contributed by atoms with van der Waals surface area (Å²) in [4.78, 5) is 8.48. The lowest BCUT2D eigenvalue weighted by Gasteiger charge is -2.08. The van der Waals surface area contributed by atoms with E-state index in [9.17, 15) is 4.39 Å². The summed E-state index contributed by atoms with van der Waals surface area (Å²) in [7, 11) is 0. The van der Waals surface area contributed by atoms with E-state index < -0.39 is 0 Å². The van der Waals surface area contributed by atoms with Crippen molar-refractivity contribution in [1.82, 2.24) is 9.97 Å². The Morgan fingerprint density at radius 3 is 2.79 bits per heavy atom. The van der Waals surface area contributed by atoms with Crippen LogP contribution in [0.4, 0.5) is 10.2 Å². The fraction of sp³-hybridized carbons (Fsp3) is 0.231. The monoisotopic (exact) mass is 323 g/mol. The number of nitrogens with two attached hydrogens (primary N) is 1. The van der Waals surface area contributed by atoms with Crippen molar-refractivity contribution in [1.29, 1.82) is 0 Å². The maximum Gasteiger partial charge on any atom is 0.224 e. The van der Waals surface area contributed by atoms with Crippen LogP contribution in [0.1, 0.15) is 24.6 Å². The number of hydrogen-bond donors (Lipinski definition) is 1. The molecule has 0 unspecified atom stereocenters. The molecule has 0 atom stereocenters. The summed E-state index contributed by atoms with van der Waals surface area (Å²) in [6, 6.07) is 5.75. The lowest BCUT2D eigenvalue weighted by molar-refractivity contribution is 0.451. The molecule has 3 rings (SSSR count). The first-order chi connectivity index (χ1) is 9.11. The van der Waals surface area contributed by atoms with Gasteiger partial charge in [-0.2, -0.15) is 4.98 Å². The van der Waals surface area contributed by atoms with Crippen LogP contribution in [0.15, 0.2) is 28.7 Å². The highest BCUT2D eigenvalue weighted by molar-refractivity contribution is 9.10. The van der Waals surface area contributed by atoms with Gasteiger partial charge >= 0.3 is 0 Å². The second-order valence-electron chi connectivity index (χ2n) is 4.44. The quantitative estimate of drug-likeness (QED) is 0.936. The number of nitrogens with zero attached hydrogens (tertiary/aromatic N) is 2. The molecule has 0 amide bonds. The minimum Gasteiger partial charge on any atom is -0.438 e. The van der Waals surface area contributed by atoms with Crippen molar-refractivity contribution in [2.45, 2.75) is 18.8 Å². The van der Waals surface area contributed by atoms with E-state index >= 15 is 0 Å². The lowest BCUT2D eigenvalue weighted by Crippen LogP contribution is -2.00. The van der Waals surface area contributed by atoms with Crippen LogP contribution in [0, 0.1) is 5.82 Å². The SMILES string of the molecule is Nc1cc(Oc2cc(F)ccc2Br)nc(C2CC2)n1. The lowest BCUT2D eigenvalue weighted by atomic mass is 10.3. The second kappa shape index (κ2) is 4.77. The summed E-state index contributed by atoms with van der Waals surface area (Å²) < 4.78 is 19.4. The molecule has 1 aromatic heterocycles. The summed E-state index contributed by atoms with van der Waals surface area (Å²) in [6.07, 6.45) is 2.15. The first-order valence-electron chi connectivity index (χ1n) is 5.89. The zero-order chi connectivity index (χ0) is 13.4. The summed E-state index contributed by atoms with van der Waals surface area (Å²) in [5.74, 6) is 1.76. The smallest absolute Gasteiger partial charge is 0.224 e. The number of hydrogen-bond acceptors (Lipinski definition) is 4. The average molecular weight is 324 g/mol. The Hall–Kier alpha value is -1.69. The highest BCUT2D eigenvalue weighted by Crippen LogP contribution is 2.39. The van der Waals surface area contributed by atoms with Gasteiger partial charge < -0.3 is 10.5 Å². The Kier molecular flexibility index (Phi) is 3.10. The Labute approximate surface area is 118 Å². The topological polar surface area (TPSA) is 61.0 Å². The minimum absolute atomic E-state index is 0.334. The van der Waals surface area contributed by atoms with E-state index in [1.54, 1.807) is 6.07 Å². The Balaban J connectivity index is 1.92. The van der Waals surface area contributed by atoms with Crippen LogP contribution in [0.25, 0.3) is 0 Å². The van der Waals surface area contributed by atoms with E-state index in [-0.39, 0.29) is 5.82 Å². The predicted octanol–water partition coefficient (Wildman–Crippen LogP) is 3.63. The van der Waals surface area contributed by atoms with E-state index in [2.05, 4.69) is 25.9 Å². The van der Waals surface area contributed by atoms with Crippen LogP contribution in [0.5, 0.6) is 11.6 Å². The molecule has 4 nitrogen and oxygen atoms in total. The van der Waals surface area contributed by atoms with Crippen LogP contribution in [0.2, 0.25) is 0 Å². The van der Waals surface area contributed by atoms with Gasteiger partial charge in [-0.25, -0.2) is 9.37 Å². The molecule has 2 N–H and O–H groups in total. The van der Waals surface area contributed by atoms with Crippen molar-refractivity contribution in [2.75, 3.05) is 5.73 Å². The number of aromatic nitrogens is 2. The van der Waals surface area contributed by atoms with E-state index in [0.29, 0.717) is 33.7 Å². The van der Waals surface area contributed by atoms with Crippen LogP contribution in [-0.4, -0.2) is 9.97 Å². The Bertz CT molecular complexity index is 631. The van der Waals surface area contributed by atoms with Crippen molar-refractivity contribution < 1.29 is 9.13 Å². The van der Waals surface area contributed by atoms with Gasteiger partial charge in [0.15, 0.2) is 0 Å². The molecule has 0 aliphatic heterocycles. The summed E-state index contributed by atoms with van der Waals surface area (Å²) in [6.45, 7) is 0. The molecule has 0 saturated heterocycles. The molecule has 0 radical (unpaired) electrons. The summed E-state index contributed by atoms with van der Waals surface area (Å²) in [5.41, 5.74) is 5.73. The standard InChI is InChI=1S/C13H11BrFN3O/c14-9-4-3-8(15)5-10(9)19-12-6-11(16)17-13(18-12)7-1-2-7/h3-7H,1-2H2,(H2,16,17,18). The van der Waals surface area contributed by atoms with Crippen LogP contribution in [-0.2, 0) is 0 Å². The zero-order valence-corrected chi connectivity index (χ0v) is 11.5. The van der Waals surface area contributed by atoms with Gasteiger partial charge in [-0.3, -0.25) is 0 Å². The summed E-state index contributed by atoms with van der Waals surface area (Å²) in [5, 5.41) is 0. The normalized spacial score (nSPS) is 14.4. The van der Waals surface area contributed by atoms with Gasteiger partial charge in [0.1, 0.15) is 23.2 Å². The number of nitrogen functional groups attached to an aromatic ring is 1. The summed E-state index contributed by atoms with van der Waals surface area (Å²) >= 11 is 3.30. The maximum absolute atomic E-state index is 13.2.